The van der Waals surface area contributed by atoms with E-state index >= 15 is 0 Å². The monoisotopic (exact) mass is 251 g/mol. The third kappa shape index (κ3) is 2.44. The summed E-state index contributed by atoms with van der Waals surface area (Å²) in [6, 6.07) is 7.08. The van der Waals surface area contributed by atoms with Crippen molar-refractivity contribution < 1.29 is 14.3 Å². The Labute approximate surface area is 104 Å². The molecule has 1 aliphatic rings. The molecule has 0 aliphatic carbocycles. The second kappa shape index (κ2) is 4.79. The molecule has 0 bridgehead atoms. The summed E-state index contributed by atoms with van der Waals surface area (Å²) in [5.41, 5.74) is 1.50. The predicted molar refractivity (Wildman–Crippen MR) is 65.7 cm³/mol. The Balaban J connectivity index is 2.14. The summed E-state index contributed by atoms with van der Waals surface area (Å²) in [5.74, 6) is -0.301. The van der Waals surface area contributed by atoms with Gasteiger partial charge in [0.05, 0.1) is 17.9 Å². The SMILES string of the molecule is COC(=O)c1ccc([C@H]2NC(=O)[C@@H](C)S2)cc1. The number of hydrogen-bond donors (Lipinski definition) is 1. The molecule has 1 aromatic rings. The van der Waals surface area contributed by atoms with Crippen LogP contribution in [0.5, 0.6) is 0 Å². The van der Waals surface area contributed by atoms with Gasteiger partial charge in [0.2, 0.25) is 5.91 Å². The highest BCUT2D eigenvalue weighted by Crippen LogP contribution is 2.35. The van der Waals surface area contributed by atoms with Crippen LogP contribution >= 0.6 is 11.8 Å². The van der Waals surface area contributed by atoms with Crippen LogP contribution in [0.2, 0.25) is 0 Å². The average Bonchev–Trinajstić information content (AvgIpc) is 2.69. The van der Waals surface area contributed by atoms with Crippen molar-refractivity contribution in [2.45, 2.75) is 17.5 Å². The van der Waals surface area contributed by atoms with Crippen molar-refractivity contribution >= 4 is 23.6 Å². The average molecular weight is 251 g/mol. The predicted octanol–water partition coefficient (Wildman–Crippen LogP) is 1.72. The van der Waals surface area contributed by atoms with Crippen LogP contribution in [0.25, 0.3) is 0 Å². The number of methoxy groups -OCH3 is 1. The van der Waals surface area contributed by atoms with Crippen molar-refractivity contribution in [2.75, 3.05) is 7.11 Å². The van der Waals surface area contributed by atoms with E-state index in [1.54, 1.807) is 23.9 Å². The lowest BCUT2D eigenvalue weighted by atomic mass is 10.1. The van der Waals surface area contributed by atoms with Crippen LogP contribution in [0.4, 0.5) is 0 Å². The van der Waals surface area contributed by atoms with Gasteiger partial charge in [-0.15, -0.1) is 11.8 Å². The molecule has 1 amide bonds. The number of amides is 1. The Morgan fingerprint density at radius 3 is 2.47 bits per heavy atom. The molecule has 0 radical (unpaired) electrons. The molecule has 2 rings (SSSR count). The number of thioether (sulfide) groups is 1. The normalized spacial score (nSPS) is 23.3. The third-order valence-electron chi connectivity index (χ3n) is 2.62. The molecular weight excluding hydrogens is 238 g/mol. The fourth-order valence-electron chi connectivity index (χ4n) is 1.62. The van der Waals surface area contributed by atoms with Gasteiger partial charge < -0.3 is 10.1 Å². The number of carbonyl (C=O) groups is 2. The molecule has 90 valence electrons. The van der Waals surface area contributed by atoms with Crippen molar-refractivity contribution in [1.82, 2.24) is 5.32 Å². The molecule has 1 N–H and O–H groups in total. The summed E-state index contributed by atoms with van der Waals surface area (Å²) in [4.78, 5) is 22.6. The fourth-order valence-corrected chi connectivity index (χ4v) is 2.72. The highest BCUT2D eigenvalue weighted by molar-refractivity contribution is 8.01. The molecule has 17 heavy (non-hydrogen) atoms. The van der Waals surface area contributed by atoms with Gasteiger partial charge in [-0.05, 0) is 24.6 Å². The molecular formula is C12H13NO3S. The van der Waals surface area contributed by atoms with Gasteiger partial charge in [0.1, 0.15) is 5.37 Å². The van der Waals surface area contributed by atoms with Crippen LogP contribution in [0, 0.1) is 0 Å². The zero-order valence-corrected chi connectivity index (χ0v) is 10.4. The van der Waals surface area contributed by atoms with Crippen molar-refractivity contribution in [1.29, 1.82) is 0 Å². The third-order valence-corrected chi connectivity index (χ3v) is 3.90. The van der Waals surface area contributed by atoms with Crippen LogP contribution in [-0.2, 0) is 9.53 Å². The summed E-state index contributed by atoms with van der Waals surface area (Å²) >= 11 is 1.57. The van der Waals surface area contributed by atoms with Gasteiger partial charge in [0.15, 0.2) is 0 Å². The standard InChI is InChI=1S/C12H13NO3S/c1-7-10(14)13-11(17-7)8-3-5-9(6-4-8)12(15)16-2/h3-7,11H,1-2H3,(H,13,14)/t7-,11+/m1/s1. The maximum atomic E-state index is 11.4. The largest absolute Gasteiger partial charge is 0.465 e. The summed E-state index contributed by atoms with van der Waals surface area (Å²) in [7, 11) is 1.35. The lowest BCUT2D eigenvalue weighted by Gasteiger charge is -2.09. The van der Waals surface area contributed by atoms with Gasteiger partial charge in [0.25, 0.3) is 0 Å². The maximum absolute atomic E-state index is 11.4. The molecule has 0 saturated carbocycles. The zero-order valence-electron chi connectivity index (χ0n) is 9.60. The quantitative estimate of drug-likeness (QED) is 0.813. The first-order valence-electron chi connectivity index (χ1n) is 5.26. The van der Waals surface area contributed by atoms with E-state index in [2.05, 4.69) is 10.1 Å². The van der Waals surface area contributed by atoms with E-state index in [1.165, 1.54) is 7.11 Å². The molecule has 1 heterocycles. The maximum Gasteiger partial charge on any atom is 0.337 e. The fraction of sp³-hybridized carbons (Fsp3) is 0.333. The van der Waals surface area contributed by atoms with Crippen LogP contribution in [0.3, 0.4) is 0 Å². The van der Waals surface area contributed by atoms with E-state index in [9.17, 15) is 9.59 Å². The lowest BCUT2D eigenvalue weighted by molar-refractivity contribution is -0.119. The summed E-state index contributed by atoms with van der Waals surface area (Å²) in [5, 5.41) is 2.84. The molecule has 1 fully saturated rings. The first kappa shape index (κ1) is 12.0. The minimum absolute atomic E-state index is 0.0239. The molecule has 1 saturated heterocycles. The van der Waals surface area contributed by atoms with Gasteiger partial charge in [0, 0.05) is 0 Å². The van der Waals surface area contributed by atoms with Gasteiger partial charge in [-0.1, -0.05) is 12.1 Å². The Kier molecular flexibility index (Phi) is 3.38. The number of rotatable bonds is 2. The van der Waals surface area contributed by atoms with E-state index in [0.717, 1.165) is 5.56 Å². The minimum Gasteiger partial charge on any atom is -0.465 e. The van der Waals surface area contributed by atoms with Crippen LogP contribution in [0.15, 0.2) is 24.3 Å². The molecule has 0 unspecified atom stereocenters. The molecule has 5 heteroatoms. The topological polar surface area (TPSA) is 55.4 Å². The first-order chi connectivity index (χ1) is 8.11. The van der Waals surface area contributed by atoms with Crippen LogP contribution < -0.4 is 5.32 Å². The zero-order chi connectivity index (χ0) is 12.4. The second-order valence-electron chi connectivity index (χ2n) is 3.78. The van der Waals surface area contributed by atoms with E-state index in [4.69, 9.17) is 0 Å². The molecule has 4 nitrogen and oxygen atoms in total. The molecule has 2 atom stereocenters. The molecule has 0 aromatic heterocycles. The van der Waals surface area contributed by atoms with Gasteiger partial charge in [-0.25, -0.2) is 4.79 Å². The van der Waals surface area contributed by atoms with Gasteiger partial charge in [-0.3, -0.25) is 4.79 Å². The summed E-state index contributed by atoms with van der Waals surface area (Å²) in [6.07, 6.45) is 0. The minimum atomic E-state index is -0.354. The van der Waals surface area contributed by atoms with E-state index in [-0.39, 0.29) is 22.5 Å². The number of benzene rings is 1. The highest BCUT2D eigenvalue weighted by atomic mass is 32.2. The van der Waals surface area contributed by atoms with Crippen LogP contribution in [-0.4, -0.2) is 24.2 Å². The summed E-state index contributed by atoms with van der Waals surface area (Å²) < 4.78 is 4.62. The lowest BCUT2D eigenvalue weighted by Crippen LogP contribution is -2.22. The van der Waals surface area contributed by atoms with E-state index in [0.29, 0.717) is 5.56 Å². The van der Waals surface area contributed by atoms with E-state index in [1.807, 2.05) is 19.1 Å². The Morgan fingerprint density at radius 2 is 2.00 bits per heavy atom. The molecule has 0 spiro atoms. The van der Waals surface area contributed by atoms with Crippen molar-refractivity contribution in [2.24, 2.45) is 0 Å². The molecule has 1 aliphatic heterocycles. The van der Waals surface area contributed by atoms with Crippen molar-refractivity contribution in [3.8, 4) is 0 Å². The number of hydrogen-bond acceptors (Lipinski definition) is 4. The van der Waals surface area contributed by atoms with Gasteiger partial charge >= 0.3 is 5.97 Å². The first-order valence-corrected chi connectivity index (χ1v) is 6.20. The van der Waals surface area contributed by atoms with Gasteiger partial charge in [-0.2, -0.15) is 0 Å². The second-order valence-corrected chi connectivity index (χ2v) is 5.23. The van der Waals surface area contributed by atoms with Crippen molar-refractivity contribution in [3.05, 3.63) is 35.4 Å². The highest BCUT2D eigenvalue weighted by Gasteiger charge is 2.29. The molecule has 1 aromatic carbocycles. The number of ether oxygens (including phenoxy) is 1. The Morgan fingerprint density at radius 1 is 1.35 bits per heavy atom. The van der Waals surface area contributed by atoms with Crippen LogP contribution in [0.1, 0.15) is 28.2 Å². The number of carbonyl (C=O) groups excluding carboxylic acids is 2. The van der Waals surface area contributed by atoms with Crippen molar-refractivity contribution in [3.63, 3.8) is 0 Å². The summed E-state index contributed by atoms with van der Waals surface area (Å²) in [6.45, 7) is 1.88. The number of esters is 1. The van der Waals surface area contributed by atoms with E-state index < -0.39 is 0 Å². The number of nitrogens with one attached hydrogen (secondary N) is 1. The Bertz CT molecular complexity index is 444. The smallest absolute Gasteiger partial charge is 0.337 e. The Hall–Kier alpha value is -1.49.